The van der Waals surface area contributed by atoms with E-state index in [0.29, 0.717) is 11.5 Å². The minimum Gasteiger partial charge on any atom is -0.381 e. The zero-order valence-electron chi connectivity index (χ0n) is 12.9. The van der Waals surface area contributed by atoms with E-state index in [4.69, 9.17) is 4.74 Å². The molecule has 2 saturated heterocycles. The SMILES string of the molecule is CCC1(CC)CCN(CCNC2CCOCC2)CC1. The summed E-state index contributed by atoms with van der Waals surface area (Å²) in [6.07, 6.45) is 7.90. The molecule has 0 unspecified atom stereocenters. The number of hydrogen-bond donors (Lipinski definition) is 1. The fraction of sp³-hybridized carbons (Fsp3) is 1.00. The molecule has 2 fully saturated rings. The summed E-state index contributed by atoms with van der Waals surface area (Å²) < 4.78 is 5.39. The van der Waals surface area contributed by atoms with Gasteiger partial charge in [-0.1, -0.05) is 26.7 Å². The number of likely N-dealkylation sites (tertiary alicyclic amines) is 1. The van der Waals surface area contributed by atoms with Crippen LogP contribution in [0.25, 0.3) is 0 Å². The molecule has 1 N–H and O–H groups in total. The maximum atomic E-state index is 5.39. The Morgan fingerprint density at radius 1 is 1.11 bits per heavy atom. The first-order chi connectivity index (χ1) is 9.28. The summed E-state index contributed by atoms with van der Waals surface area (Å²) in [5.41, 5.74) is 0.657. The van der Waals surface area contributed by atoms with Crippen LogP contribution in [0.2, 0.25) is 0 Å². The first kappa shape index (κ1) is 15.3. The zero-order chi connectivity index (χ0) is 13.6. The number of hydrogen-bond acceptors (Lipinski definition) is 3. The molecule has 0 bridgehead atoms. The molecule has 2 aliphatic heterocycles. The van der Waals surface area contributed by atoms with Gasteiger partial charge in [-0.15, -0.1) is 0 Å². The Kier molecular flexibility index (Phi) is 6.11. The fourth-order valence-corrected chi connectivity index (χ4v) is 3.54. The molecule has 19 heavy (non-hydrogen) atoms. The topological polar surface area (TPSA) is 24.5 Å². The lowest BCUT2D eigenvalue weighted by Gasteiger charge is -2.41. The van der Waals surface area contributed by atoms with Crippen LogP contribution in [0, 0.1) is 5.41 Å². The monoisotopic (exact) mass is 268 g/mol. The Balaban J connectivity index is 1.60. The van der Waals surface area contributed by atoms with E-state index in [1.807, 2.05) is 0 Å². The lowest BCUT2D eigenvalue weighted by Crippen LogP contribution is -2.44. The highest BCUT2D eigenvalue weighted by molar-refractivity contribution is 4.84. The number of rotatable bonds is 6. The quantitative estimate of drug-likeness (QED) is 0.801. The molecule has 2 heterocycles. The average molecular weight is 268 g/mol. The van der Waals surface area contributed by atoms with Crippen LogP contribution in [0.1, 0.15) is 52.4 Å². The van der Waals surface area contributed by atoms with Gasteiger partial charge >= 0.3 is 0 Å². The van der Waals surface area contributed by atoms with Gasteiger partial charge in [0.2, 0.25) is 0 Å². The van der Waals surface area contributed by atoms with Gasteiger partial charge in [0, 0.05) is 32.3 Å². The predicted octanol–water partition coefficient (Wildman–Crippen LogP) is 2.66. The molecule has 0 saturated carbocycles. The fourth-order valence-electron chi connectivity index (χ4n) is 3.54. The van der Waals surface area contributed by atoms with E-state index < -0.39 is 0 Å². The number of nitrogens with zero attached hydrogens (tertiary/aromatic N) is 1. The summed E-state index contributed by atoms with van der Waals surface area (Å²) in [6, 6.07) is 0.698. The Morgan fingerprint density at radius 3 is 2.32 bits per heavy atom. The van der Waals surface area contributed by atoms with Gasteiger partial charge in [0.25, 0.3) is 0 Å². The number of ether oxygens (including phenoxy) is 1. The zero-order valence-corrected chi connectivity index (χ0v) is 12.9. The van der Waals surface area contributed by atoms with Crippen molar-refractivity contribution in [3.05, 3.63) is 0 Å². The number of nitrogens with one attached hydrogen (secondary N) is 1. The second-order valence-corrected chi connectivity index (χ2v) is 6.39. The van der Waals surface area contributed by atoms with Gasteiger partial charge in [0.05, 0.1) is 0 Å². The number of piperidine rings is 1. The van der Waals surface area contributed by atoms with E-state index in [0.717, 1.165) is 19.8 Å². The van der Waals surface area contributed by atoms with E-state index >= 15 is 0 Å². The Bertz CT molecular complexity index is 237. The summed E-state index contributed by atoms with van der Waals surface area (Å²) in [6.45, 7) is 11.6. The molecule has 3 heteroatoms. The molecule has 0 spiro atoms. The van der Waals surface area contributed by atoms with E-state index in [1.54, 1.807) is 0 Å². The van der Waals surface area contributed by atoms with Gasteiger partial charge in [-0.05, 0) is 44.2 Å². The summed E-state index contributed by atoms with van der Waals surface area (Å²) in [4.78, 5) is 2.65. The average Bonchev–Trinajstić information content (AvgIpc) is 2.49. The third kappa shape index (κ3) is 4.44. The minimum absolute atomic E-state index is 0.657. The third-order valence-corrected chi connectivity index (χ3v) is 5.50. The predicted molar refractivity (Wildman–Crippen MR) is 80.5 cm³/mol. The van der Waals surface area contributed by atoms with E-state index in [1.165, 1.54) is 58.2 Å². The van der Waals surface area contributed by atoms with Gasteiger partial charge in [0.1, 0.15) is 0 Å². The van der Waals surface area contributed by atoms with Crippen LogP contribution in [0.15, 0.2) is 0 Å². The molecular formula is C16H32N2O. The van der Waals surface area contributed by atoms with Crippen LogP contribution in [-0.2, 0) is 4.74 Å². The van der Waals surface area contributed by atoms with Gasteiger partial charge in [-0.3, -0.25) is 0 Å². The maximum Gasteiger partial charge on any atom is 0.0480 e. The van der Waals surface area contributed by atoms with Crippen molar-refractivity contribution in [1.29, 1.82) is 0 Å². The molecule has 0 atom stereocenters. The Hall–Kier alpha value is -0.120. The lowest BCUT2D eigenvalue weighted by molar-refractivity contribution is 0.0731. The van der Waals surface area contributed by atoms with Crippen LogP contribution >= 0.6 is 0 Å². The largest absolute Gasteiger partial charge is 0.381 e. The van der Waals surface area contributed by atoms with Gasteiger partial charge in [-0.2, -0.15) is 0 Å². The highest BCUT2D eigenvalue weighted by atomic mass is 16.5. The second kappa shape index (κ2) is 7.61. The van der Waals surface area contributed by atoms with E-state index in [-0.39, 0.29) is 0 Å². The highest BCUT2D eigenvalue weighted by Crippen LogP contribution is 2.37. The van der Waals surface area contributed by atoms with Crippen LogP contribution in [0.5, 0.6) is 0 Å². The molecular weight excluding hydrogens is 236 g/mol. The summed E-state index contributed by atoms with van der Waals surface area (Å²) in [5.74, 6) is 0. The molecule has 0 aromatic heterocycles. The Labute approximate surface area is 119 Å². The molecule has 3 nitrogen and oxygen atoms in total. The van der Waals surface area contributed by atoms with Crippen LogP contribution in [-0.4, -0.2) is 50.3 Å². The highest BCUT2D eigenvalue weighted by Gasteiger charge is 2.30. The second-order valence-electron chi connectivity index (χ2n) is 6.39. The molecule has 2 aliphatic rings. The van der Waals surface area contributed by atoms with Crippen LogP contribution in [0.4, 0.5) is 0 Å². The minimum atomic E-state index is 0.657. The van der Waals surface area contributed by atoms with Crippen molar-refractivity contribution >= 4 is 0 Å². The van der Waals surface area contributed by atoms with E-state index in [2.05, 4.69) is 24.1 Å². The normalized spacial score (nSPS) is 25.6. The van der Waals surface area contributed by atoms with Gasteiger partial charge in [0.15, 0.2) is 0 Å². The molecule has 0 radical (unpaired) electrons. The van der Waals surface area contributed by atoms with Crippen LogP contribution in [0.3, 0.4) is 0 Å². The molecule has 0 amide bonds. The maximum absolute atomic E-state index is 5.39. The van der Waals surface area contributed by atoms with Crippen molar-refractivity contribution in [2.24, 2.45) is 5.41 Å². The first-order valence-corrected chi connectivity index (χ1v) is 8.31. The van der Waals surface area contributed by atoms with Crippen molar-refractivity contribution in [3.8, 4) is 0 Å². The van der Waals surface area contributed by atoms with Gasteiger partial charge in [-0.25, -0.2) is 0 Å². The molecule has 112 valence electrons. The van der Waals surface area contributed by atoms with Crippen molar-refractivity contribution in [1.82, 2.24) is 10.2 Å². The van der Waals surface area contributed by atoms with Crippen molar-refractivity contribution in [2.75, 3.05) is 39.4 Å². The summed E-state index contributed by atoms with van der Waals surface area (Å²) in [7, 11) is 0. The summed E-state index contributed by atoms with van der Waals surface area (Å²) >= 11 is 0. The molecule has 0 aromatic rings. The van der Waals surface area contributed by atoms with Crippen molar-refractivity contribution in [2.45, 2.75) is 58.4 Å². The Morgan fingerprint density at radius 2 is 1.74 bits per heavy atom. The molecule has 0 aliphatic carbocycles. The third-order valence-electron chi connectivity index (χ3n) is 5.50. The van der Waals surface area contributed by atoms with Crippen molar-refractivity contribution < 1.29 is 4.74 Å². The lowest BCUT2D eigenvalue weighted by atomic mass is 9.74. The van der Waals surface area contributed by atoms with Crippen LogP contribution < -0.4 is 5.32 Å². The standard InChI is InChI=1S/C16H32N2O/c1-3-16(4-2)7-10-18(11-8-16)12-9-17-15-5-13-19-14-6-15/h15,17H,3-14H2,1-2H3. The molecule has 0 aromatic carbocycles. The first-order valence-electron chi connectivity index (χ1n) is 8.31. The molecule has 2 rings (SSSR count). The van der Waals surface area contributed by atoms with E-state index in [9.17, 15) is 0 Å². The smallest absolute Gasteiger partial charge is 0.0480 e. The van der Waals surface area contributed by atoms with Crippen molar-refractivity contribution in [3.63, 3.8) is 0 Å². The summed E-state index contributed by atoms with van der Waals surface area (Å²) in [5, 5.41) is 3.70. The van der Waals surface area contributed by atoms with Gasteiger partial charge < -0.3 is 15.0 Å².